The topological polar surface area (TPSA) is 85.6 Å². The summed E-state index contributed by atoms with van der Waals surface area (Å²) in [5.41, 5.74) is 0.422. The summed E-state index contributed by atoms with van der Waals surface area (Å²) in [5, 5.41) is 9.11. The third-order valence-electron chi connectivity index (χ3n) is 3.04. The van der Waals surface area contributed by atoms with E-state index < -0.39 is 12.7 Å². The summed E-state index contributed by atoms with van der Waals surface area (Å²) in [7, 11) is 1.34. The lowest BCUT2D eigenvalue weighted by Crippen LogP contribution is -2.32. The molecule has 0 bridgehead atoms. The lowest BCUT2D eigenvalue weighted by Gasteiger charge is -2.16. The number of benzene rings is 1. The van der Waals surface area contributed by atoms with E-state index in [2.05, 4.69) is 20.5 Å². The molecule has 130 valence electrons. The number of hydrogen-bond acceptors (Lipinski definition) is 6. The summed E-state index contributed by atoms with van der Waals surface area (Å²) in [4.78, 5) is 12.1. The van der Waals surface area contributed by atoms with Gasteiger partial charge in [0.25, 0.3) is 0 Å². The van der Waals surface area contributed by atoms with Crippen molar-refractivity contribution in [2.75, 3.05) is 17.7 Å². The molecule has 0 radical (unpaired) electrons. The van der Waals surface area contributed by atoms with Gasteiger partial charge in [-0.2, -0.15) is 8.78 Å². The second-order valence-corrected chi connectivity index (χ2v) is 4.92. The van der Waals surface area contributed by atoms with Crippen LogP contribution in [-0.4, -0.2) is 30.8 Å². The lowest BCUT2D eigenvalue weighted by molar-refractivity contribution is -0.116. The average molecular weight is 341 g/mol. The van der Waals surface area contributed by atoms with Gasteiger partial charge in [-0.1, -0.05) is 5.16 Å². The Labute approximate surface area is 136 Å². The maximum Gasteiger partial charge on any atom is 0.387 e. The first-order chi connectivity index (χ1) is 11.4. The maximum absolute atomic E-state index is 12.4. The van der Waals surface area contributed by atoms with Gasteiger partial charge in [0, 0.05) is 17.8 Å². The predicted molar refractivity (Wildman–Crippen MR) is 82.6 cm³/mol. The van der Waals surface area contributed by atoms with E-state index in [4.69, 9.17) is 9.26 Å². The number of aromatic nitrogens is 1. The van der Waals surface area contributed by atoms with Crippen LogP contribution < -0.4 is 20.1 Å². The summed E-state index contributed by atoms with van der Waals surface area (Å²) in [6, 6.07) is 5.30. The highest BCUT2D eigenvalue weighted by atomic mass is 19.3. The van der Waals surface area contributed by atoms with Crippen molar-refractivity contribution >= 4 is 17.4 Å². The molecule has 0 aliphatic heterocycles. The maximum atomic E-state index is 12.4. The molecule has 2 N–H and O–H groups in total. The van der Waals surface area contributed by atoms with Crippen LogP contribution >= 0.6 is 0 Å². The van der Waals surface area contributed by atoms with Crippen LogP contribution in [0.4, 0.5) is 20.3 Å². The number of carbonyl (C=O) groups excluding carboxylic acids is 1. The molecule has 2 aromatic rings. The zero-order chi connectivity index (χ0) is 17.7. The minimum Gasteiger partial charge on any atom is -0.493 e. The third kappa shape index (κ3) is 4.58. The van der Waals surface area contributed by atoms with Crippen molar-refractivity contribution in [2.24, 2.45) is 0 Å². The standard InChI is InChI=1S/C15H17F2N3O4/c1-8-6-13(20-24-8)19-14(21)9(2)18-10-4-5-11(22-3)12(7-10)23-15(16)17/h4-7,9,15,18H,1-3H3,(H,19,20,21)/t9-/m0/s1. The zero-order valence-electron chi connectivity index (χ0n) is 13.3. The van der Waals surface area contributed by atoms with E-state index in [1.165, 1.54) is 19.2 Å². The SMILES string of the molecule is COc1ccc(N[C@@H](C)C(=O)Nc2cc(C)on2)cc1OC(F)F. The van der Waals surface area contributed by atoms with E-state index in [-0.39, 0.29) is 17.4 Å². The third-order valence-corrected chi connectivity index (χ3v) is 3.04. The van der Waals surface area contributed by atoms with Gasteiger partial charge in [-0.25, -0.2) is 0 Å². The number of methoxy groups -OCH3 is 1. The number of amides is 1. The highest BCUT2D eigenvalue weighted by Gasteiger charge is 2.16. The molecule has 7 nitrogen and oxygen atoms in total. The van der Waals surface area contributed by atoms with Gasteiger partial charge in [0.15, 0.2) is 17.3 Å². The van der Waals surface area contributed by atoms with Crippen molar-refractivity contribution < 1.29 is 27.6 Å². The van der Waals surface area contributed by atoms with Gasteiger partial charge < -0.3 is 24.6 Å². The molecule has 1 aromatic heterocycles. The first-order valence-electron chi connectivity index (χ1n) is 7.02. The van der Waals surface area contributed by atoms with Crippen LogP contribution in [0.15, 0.2) is 28.8 Å². The van der Waals surface area contributed by atoms with Crippen LogP contribution in [0.5, 0.6) is 11.5 Å². The van der Waals surface area contributed by atoms with Crippen molar-refractivity contribution in [3.8, 4) is 11.5 Å². The Bertz CT molecular complexity index is 706. The number of hydrogen-bond donors (Lipinski definition) is 2. The molecule has 24 heavy (non-hydrogen) atoms. The molecule has 0 saturated heterocycles. The zero-order valence-corrected chi connectivity index (χ0v) is 13.3. The molecule has 0 saturated carbocycles. The van der Waals surface area contributed by atoms with Crippen LogP contribution in [0.1, 0.15) is 12.7 Å². The molecule has 0 aliphatic carbocycles. The fourth-order valence-corrected chi connectivity index (χ4v) is 1.93. The Balaban J connectivity index is 2.04. The molecule has 1 heterocycles. The Kier molecular flexibility index (Phi) is 5.56. The van der Waals surface area contributed by atoms with E-state index in [9.17, 15) is 13.6 Å². The van der Waals surface area contributed by atoms with Crippen molar-refractivity contribution in [2.45, 2.75) is 26.5 Å². The van der Waals surface area contributed by atoms with E-state index in [0.717, 1.165) is 0 Å². The van der Waals surface area contributed by atoms with E-state index in [0.29, 0.717) is 17.3 Å². The van der Waals surface area contributed by atoms with Gasteiger partial charge in [0.2, 0.25) is 5.91 Å². The smallest absolute Gasteiger partial charge is 0.387 e. The van der Waals surface area contributed by atoms with Gasteiger partial charge in [0.05, 0.1) is 7.11 Å². The van der Waals surface area contributed by atoms with Crippen molar-refractivity contribution in [3.63, 3.8) is 0 Å². The summed E-state index contributed by atoms with van der Waals surface area (Å²) >= 11 is 0. The van der Waals surface area contributed by atoms with Crippen LogP contribution in [0.25, 0.3) is 0 Å². The van der Waals surface area contributed by atoms with E-state index in [1.54, 1.807) is 26.0 Å². The van der Waals surface area contributed by atoms with E-state index >= 15 is 0 Å². The first-order valence-corrected chi connectivity index (χ1v) is 7.02. The van der Waals surface area contributed by atoms with Gasteiger partial charge in [-0.05, 0) is 26.0 Å². The second-order valence-electron chi connectivity index (χ2n) is 4.92. The number of alkyl halides is 2. The molecule has 1 atom stereocenters. The molecular formula is C15H17F2N3O4. The van der Waals surface area contributed by atoms with Gasteiger partial charge in [-0.3, -0.25) is 4.79 Å². The number of ether oxygens (including phenoxy) is 2. The lowest BCUT2D eigenvalue weighted by atomic mass is 10.2. The number of rotatable bonds is 7. The average Bonchev–Trinajstić information content (AvgIpc) is 2.92. The summed E-state index contributed by atoms with van der Waals surface area (Å²) in [5.74, 6) is 0.529. The van der Waals surface area contributed by atoms with Crippen LogP contribution in [0.3, 0.4) is 0 Å². The second kappa shape index (κ2) is 7.62. The minimum absolute atomic E-state index is 0.128. The number of nitrogens with zero attached hydrogens (tertiary/aromatic N) is 1. The predicted octanol–water partition coefficient (Wildman–Crippen LogP) is 3.03. The van der Waals surface area contributed by atoms with Crippen molar-refractivity contribution in [3.05, 3.63) is 30.0 Å². The number of aryl methyl sites for hydroxylation is 1. The largest absolute Gasteiger partial charge is 0.493 e. The molecule has 1 amide bonds. The van der Waals surface area contributed by atoms with E-state index in [1.807, 2.05) is 0 Å². The number of anilines is 2. The van der Waals surface area contributed by atoms with Crippen LogP contribution in [0, 0.1) is 6.92 Å². The number of halogens is 2. The fraction of sp³-hybridized carbons (Fsp3) is 0.333. The van der Waals surface area contributed by atoms with Gasteiger partial charge in [0.1, 0.15) is 11.8 Å². The van der Waals surface area contributed by atoms with Gasteiger partial charge >= 0.3 is 6.61 Å². The Morgan fingerprint density at radius 2 is 2.04 bits per heavy atom. The highest BCUT2D eigenvalue weighted by molar-refractivity contribution is 5.95. The summed E-state index contributed by atoms with van der Waals surface area (Å²) in [6.45, 7) is 0.331. The highest BCUT2D eigenvalue weighted by Crippen LogP contribution is 2.31. The molecule has 1 aromatic carbocycles. The monoisotopic (exact) mass is 341 g/mol. The minimum atomic E-state index is -2.98. The molecule has 2 rings (SSSR count). The van der Waals surface area contributed by atoms with Crippen molar-refractivity contribution in [1.29, 1.82) is 0 Å². The normalized spacial score (nSPS) is 11.9. The Morgan fingerprint density at radius 1 is 1.29 bits per heavy atom. The molecule has 9 heteroatoms. The van der Waals surface area contributed by atoms with Crippen LogP contribution in [-0.2, 0) is 4.79 Å². The van der Waals surface area contributed by atoms with Crippen molar-refractivity contribution in [1.82, 2.24) is 5.16 Å². The quantitative estimate of drug-likeness (QED) is 0.805. The number of nitrogens with one attached hydrogen (secondary N) is 2. The molecule has 0 fully saturated rings. The molecule has 0 aliphatic rings. The number of carbonyl (C=O) groups is 1. The molecule has 0 spiro atoms. The Morgan fingerprint density at radius 3 is 2.62 bits per heavy atom. The molecule has 0 unspecified atom stereocenters. The first kappa shape index (κ1) is 17.5. The fourth-order valence-electron chi connectivity index (χ4n) is 1.93. The summed E-state index contributed by atoms with van der Waals surface area (Å²) < 4.78 is 39.1. The molecular weight excluding hydrogens is 324 g/mol. The van der Waals surface area contributed by atoms with Crippen LogP contribution in [0.2, 0.25) is 0 Å². The Hall–Kier alpha value is -2.84. The summed E-state index contributed by atoms with van der Waals surface area (Å²) in [6.07, 6.45) is 0. The van der Waals surface area contributed by atoms with Gasteiger partial charge in [-0.15, -0.1) is 0 Å².